The minimum absolute atomic E-state index is 0.0217. The van der Waals surface area contributed by atoms with Gasteiger partial charge in [-0.05, 0) is 19.1 Å². The van der Waals surface area contributed by atoms with Crippen molar-refractivity contribution >= 4 is 29.1 Å². The van der Waals surface area contributed by atoms with Gasteiger partial charge in [-0.15, -0.1) is 5.10 Å². The molecule has 1 N–H and O–H groups in total. The van der Waals surface area contributed by atoms with Crippen molar-refractivity contribution in [1.29, 1.82) is 0 Å². The third-order valence-electron chi connectivity index (χ3n) is 2.79. The minimum Gasteiger partial charge on any atom is -0.293 e. The van der Waals surface area contributed by atoms with E-state index in [-0.39, 0.29) is 17.0 Å². The Kier molecular flexibility index (Phi) is 4.83. The van der Waals surface area contributed by atoms with Crippen LogP contribution in [0.2, 0.25) is 5.02 Å². The Morgan fingerprint density at radius 2 is 2.10 bits per heavy atom. The van der Waals surface area contributed by atoms with Crippen molar-refractivity contribution in [2.75, 3.05) is 0 Å². The molecule has 0 aliphatic rings. The summed E-state index contributed by atoms with van der Waals surface area (Å²) < 4.78 is 0. The van der Waals surface area contributed by atoms with Crippen molar-refractivity contribution in [2.45, 2.75) is 37.1 Å². The van der Waals surface area contributed by atoms with E-state index in [9.17, 15) is 4.79 Å². The fourth-order valence-electron chi connectivity index (χ4n) is 1.66. The van der Waals surface area contributed by atoms with Crippen LogP contribution in [0.5, 0.6) is 0 Å². The zero-order valence-corrected chi connectivity index (χ0v) is 13.1. The highest BCUT2D eigenvalue weighted by atomic mass is 35.5. The average Bonchev–Trinajstić information content (AvgIpc) is 2.86. The monoisotopic (exact) mass is 309 g/mol. The number of H-pyrrole nitrogens is 1. The van der Waals surface area contributed by atoms with E-state index in [1.54, 1.807) is 24.3 Å². The molecule has 0 spiro atoms. The first-order chi connectivity index (χ1) is 9.47. The summed E-state index contributed by atoms with van der Waals surface area (Å²) in [6.07, 6.45) is 0. The van der Waals surface area contributed by atoms with Crippen LogP contribution in [0.4, 0.5) is 0 Å². The maximum absolute atomic E-state index is 12.3. The number of aromatic nitrogens is 3. The number of hydrogen-bond acceptors (Lipinski definition) is 4. The summed E-state index contributed by atoms with van der Waals surface area (Å²) in [4.78, 5) is 16.7. The highest BCUT2D eigenvalue weighted by molar-refractivity contribution is 8.00. The van der Waals surface area contributed by atoms with E-state index in [0.717, 1.165) is 5.82 Å². The van der Waals surface area contributed by atoms with Crippen molar-refractivity contribution in [3.8, 4) is 0 Å². The summed E-state index contributed by atoms with van der Waals surface area (Å²) in [6, 6.07) is 6.97. The van der Waals surface area contributed by atoms with Crippen LogP contribution in [0.3, 0.4) is 0 Å². The smallest absolute Gasteiger partial charge is 0.209 e. The van der Waals surface area contributed by atoms with Crippen molar-refractivity contribution in [3.05, 3.63) is 40.7 Å². The van der Waals surface area contributed by atoms with Crippen LogP contribution in [0, 0.1) is 0 Å². The zero-order chi connectivity index (χ0) is 14.7. The number of nitrogens with zero attached hydrogens (tertiary/aromatic N) is 2. The zero-order valence-electron chi connectivity index (χ0n) is 11.6. The lowest BCUT2D eigenvalue weighted by molar-refractivity contribution is 0.0994. The highest BCUT2D eigenvalue weighted by Gasteiger charge is 2.19. The van der Waals surface area contributed by atoms with Crippen LogP contribution in [-0.4, -0.2) is 26.2 Å². The standard InChI is InChI=1S/C14H16ClN3OS/c1-8(2)13-16-14(18-17-13)20-9(3)12(19)10-5-4-6-11(15)7-10/h4-9H,1-3H3,(H,16,17,18)/t9-/m0/s1. The van der Waals surface area contributed by atoms with Crippen LogP contribution in [-0.2, 0) is 0 Å². The summed E-state index contributed by atoms with van der Waals surface area (Å²) >= 11 is 7.25. The number of thioether (sulfide) groups is 1. The van der Waals surface area contributed by atoms with Gasteiger partial charge in [0, 0.05) is 16.5 Å². The van der Waals surface area contributed by atoms with Gasteiger partial charge in [-0.25, -0.2) is 4.98 Å². The molecule has 1 heterocycles. The third-order valence-corrected chi connectivity index (χ3v) is 3.99. The number of aromatic amines is 1. The lowest BCUT2D eigenvalue weighted by Crippen LogP contribution is -2.13. The van der Waals surface area contributed by atoms with Crippen molar-refractivity contribution in [2.24, 2.45) is 0 Å². The van der Waals surface area contributed by atoms with Gasteiger partial charge in [0.25, 0.3) is 0 Å². The Balaban J connectivity index is 2.07. The van der Waals surface area contributed by atoms with E-state index in [4.69, 9.17) is 11.6 Å². The fraction of sp³-hybridized carbons (Fsp3) is 0.357. The van der Waals surface area contributed by atoms with Crippen molar-refractivity contribution in [1.82, 2.24) is 15.2 Å². The van der Waals surface area contributed by atoms with Gasteiger partial charge in [-0.1, -0.05) is 49.3 Å². The summed E-state index contributed by atoms with van der Waals surface area (Å²) in [5, 5.41) is 7.90. The molecule has 0 bridgehead atoms. The number of benzene rings is 1. The Labute approximate surface area is 127 Å². The highest BCUT2D eigenvalue weighted by Crippen LogP contribution is 2.24. The molecule has 2 aromatic rings. The molecule has 0 amide bonds. The molecule has 0 saturated heterocycles. The molecular weight excluding hydrogens is 294 g/mol. The average molecular weight is 310 g/mol. The lowest BCUT2D eigenvalue weighted by Gasteiger charge is -2.07. The normalized spacial score (nSPS) is 12.7. The predicted molar refractivity (Wildman–Crippen MR) is 81.6 cm³/mol. The van der Waals surface area contributed by atoms with Crippen LogP contribution < -0.4 is 0 Å². The first-order valence-corrected chi connectivity index (χ1v) is 7.62. The molecule has 0 fully saturated rings. The summed E-state index contributed by atoms with van der Waals surface area (Å²) in [7, 11) is 0. The summed E-state index contributed by atoms with van der Waals surface area (Å²) in [5.41, 5.74) is 0.608. The Morgan fingerprint density at radius 3 is 2.70 bits per heavy atom. The van der Waals surface area contributed by atoms with Crippen LogP contribution >= 0.6 is 23.4 Å². The molecular formula is C14H16ClN3OS. The number of rotatable bonds is 5. The number of hydrogen-bond donors (Lipinski definition) is 1. The van der Waals surface area contributed by atoms with Crippen molar-refractivity contribution < 1.29 is 4.79 Å². The number of carbonyl (C=O) groups excluding carboxylic acids is 1. The van der Waals surface area contributed by atoms with Gasteiger partial charge in [-0.3, -0.25) is 9.89 Å². The number of carbonyl (C=O) groups is 1. The van der Waals surface area contributed by atoms with Gasteiger partial charge in [0.15, 0.2) is 5.78 Å². The fourth-order valence-corrected chi connectivity index (χ4v) is 2.66. The molecule has 1 atom stereocenters. The lowest BCUT2D eigenvalue weighted by atomic mass is 10.1. The quantitative estimate of drug-likeness (QED) is 0.671. The molecule has 0 saturated carbocycles. The second kappa shape index (κ2) is 6.41. The first kappa shape index (κ1) is 15.1. The Hall–Kier alpha value is -1.33. The van der Waals surface area contributed by atoms with E-state index in [0.29, 0.717) is 15.7 Å². The van der Waals surface area contributed by atoms with Crippen LogP contribution in [0.15, 0.2) is 29.4 Å². The topological polar surface area (TPSA) is 58.6 Å². The number of Topliss-reactive ketones (excluding diaryl/α,β-unsaturated/α-hetero) is 1. The van der Waals surface area contributed by atoms with Gasteiger partial charge >= 0.3 is 0 Å². The number of ketones is 1. The molecule has 20 heavy (non-hydrogen) atoms. The van der Waals surface area contributed by atoms with Crippen LogP contribution in [0.1, 0.15) is 42.9 Å². The number of nitrogens with one attached hydrogen (secondary N) is 1. The predicted octanol–water partition coefficient (Wildman–Crippen LogP) is 3.95. The minimum atomic E-state index is -0.260. The van der Waals surface area contributed by atoms with Gasteiger partial charge in [0.1, 0.15) is 5.82 Å². The van der Waals surface area contributed by atoms with Gasteiger partial charge in [0.05, 0.1) is 5.25 Å². The Bertz CT molecular complexity index is 612. The number of halogens is 1. The van der Waals surface area contributed by atoms with E-state index >= 15 is 0 Å². The maximum atomic E-state index is 12.3. The van der Waals surface area contributed by atoms with Gasteiger partial charge in [0.2, 0.25) is 5.16 Å². The van der Waals surface area contributed by atoms with E-state index < -0.39 is 0 Å². The summed E-state index contributed by atoms with van der Waals surface area (Å²) in [6.45, 7) is 5.92. The van der Waals surface area contributed by atoms with Gasteiger partial charge < -0.3 is 0 Å². The summed E-state index contributed by atoms with van der Waals surface area (Å²) in [5.74, 6) is 1.14. The Morgan fingerprint density at radius 1 is 1.35 bits per heavy atom. The second-order valence-corrected chi connectivity index (χ2v) is 6.54. The maximum Gasteiger partial charge on any atom is 0.209 e. The molecule has 0 aliphatic heterocycles. The molecule has 106 valence electrons. The van der Waals surface area contributed by atoms with Gasteiger partial charge in [-0.2, -0.15) is 0 Å². The molecule has 6 heteroatoms. The van der Waals surface area contributed by atoms with E-state index in [1.807, 2.05) is 20.8 Å². The molecule has 1 aromatic carbocycles. The second-order valence-electron chi connectivity index (χ2n) is 4.79. The van der Waals surface area contributed by atoms with E-state index in [1.165, 1.54) is 11.8 Å². The molecule has 2 rings (SSSR count). The van der Waals surface area contributed by atoms with Crippen LogP contribution in [0.25, 0.3) is 0 Å². The molecule has 0 radical (unpaired) electrons. The largest absolute Gasteiger partial charge is 0.293 e. The SMILES string of the molecule is CC(C)c1nc(S[C@@H](C)C(=O)c2cccc(Cl)c2)n[nH]1. The molecule has 0 aliphatic carbocycles. The van der Waals surface area contributed by atoms with E-state index in [2.05, 4.69) is 15.2 Å². The third kappa shape index (κ3) is 3.61. The molecule has 4 nitrogen and oxygen atoms in total. The molecule has 1 aromatic heterocycles. The first-order valence-electron chi connectivity index (χ1n) is 6.36. The van der Waals surface area contributed by atoms with Crippen molar-refractivity contribution in [3.63, 3.8) is 0 Å². The molecule has 0 unspecified atom stereocenters.